The molecular formula is C31H48O6. The van der Waals surface area contributed by atoms with Crippen molar-refractivity contribution in [3.05, 3.63) is 11.6 Å². The maximum Gasteiger partial charge on any atom is 0.303 e. The van der Waals surface area contributed by atoms with E-state index in [0.29, 0.717) is 30.6 Å². The number of hydrogen-bond acceptors (Lipinski definition) is 6. The Labute approximate surface area is 222 Å². The largest absolute Gasteiger partial charge is 0.462 e. The summed E-state index contributed by atoms with van der Waals surface area (Å²) in [4.78, 5) is 37.6. The first-order chi connectivity index (χ1) is 17.2. The fourth-order valence-electron chi connectivity index (χ4n) is 9.28. The molecule has 6 heteroatoms. The van der Waals surface area contributed by atoms with Gasteiger partial charge < -0.3 is 14.6 Å². The lowest BCUT2D eigenvalue weighted by Crippen LogP contribution is -2.59. The smallest absolute Gasteiger partial charge is 0.303 e. The van der Waals surface area contributed by atoms with E-state index >= 15 is 0 Å². The van der Waals surface area contributed by atoms with Gasteiger partial charge in [0.2, 0.25) is 0 Å². The molecule has 3 saturated carbocycles. The van der Waals surface area contributed by atoms with Crippen LogP contribution in [-0.4, -0.2) is 40.6 Å². The average molecular weight is 517 g/mol. The summed E-state index contributed by atoms with van der Waals surface area (Å²) >= 11 is 0. The summed E-state index contributed by atoms with van der Waals surface area (Å²) in [6, 6.07) is 0. The van der Waals surface area contributed by atoms with Gasteiger partial charge in [-0.1, -0.05) is 33.6 Å². The van der Waals surface area contributed by atoms with Crippen LogP contribution in [0.3, 0.4) is 0 Å². The molecule has 0 aromatic rings. The predicted molar refractivity (Wildman–Crippen MR) is 141 cm³/mol. The summed E-state index contributed by atoms with van der Waals surface area (Å²) in [5, 5.41) is 10.2. The zero-order valence-electron chi connectivity index (χ0n) is 24.0. The third-order valence-electron chi connectivity index (χ3n) is 10.6. The number of fused-ring (bicyclic) bond motifs is 5. The van der Waals surface area contributed by atoms with Crippen molar-refractivity contribution in [3.8, 4) is 0 Å². The number of aliphatic hydroxyl groups is 1. The Balaban J connectivity index is 1.63. The molecule has 0 heterocycles. The SMILES string of the molecule is CC(=O)O[C@H]1C=C2C(=O)C[C@@H]3[C@H]([C@H](OC(C)=O)C[C@]4(C)[C@@H]([C@H](C)CCCC(C)(C)O)CC[C@@H]34)[C@@]2(C)CC1. The molecule has 4 aliphatic carbocycles. The highest BCUT2D eigenvalue weighted by molar-refractivity contribution is 5.98. The Morgan fingerprint density at radius 3 is 2.43 bits per heavy atom. The molecule has 208 valence electrons. The Kier molecular flexibility index (Phi) is 7.75. The molecule has 37 heavy (non-hydrogen) atoms. The van der Waals surface area contributed by atoms with Crippen LogP contribution in [0.2, 0.25) is 0 Å². The summed E-state index contributed by atoms with van der Waals surface area (Å²) in [5.74, 6) is 1.34. The van der Waals surface area contributed by atoms with Crippen molar-refractivity contribution in [2.24, 2.45) is 40.4 Å². The first-order valence-electron chi connectivity index (χ1n) is 14.5. The molecule has 4 rings (SSSR count). The van der Waals surface area contributed by atoms with Crippen LogP contribution < -0.4 is 0 Å². The van der Waals surface area contributed by atoms with Gasteiger partial charge in [-0.25, -0.2) is 0 Å². The van der Waals surface area contributed by atoms with Gasteiger partial charge in [0, 0.05) is 37.2 Å². The normalized spacial score (nSPS) is 40.1. The molecule has 0 saturated heterocycles. The zero-order valence-corrected chi connectivity index (χ0v) is 24.0. The minimum atomic E-state index is -0.641. The van der Waals surface area contributed by atoms with Crippen molar-refractivity contribution in [3.63, 3.8) is 0 Å². The average Bonchev–Trinajstić information content (AvgIpc) is 3.09. The Morgan fingerprint density at radius 1 is 1.14 bits per heavy atom. The van der Waals surface area contributed by atoms with Crippen molar-refractivity contribution in [1.82, 2.24) is 0 Å². The van der Waals surface area contributed by atoms with E-state index in [1.807, 2.05) is 19.9 Å². The molecule has 3 fully saturated rings. The molecule has 0 bridgehead atoms. The van der Waals surface area contributed by atoms with Crippen molar-refractivity contribution in [1.29, 1.82) is 0 Å². The number of ketones is 1. The Bertz CT molecular complexity index is 946. The lowest BCUT2D eigenvalue weighted by atomic mass is 9.45. The van der Waals surface area contributed by atoms with E-state index < -0.39 is 5.60 Å². The second-order valence-corrected chi connectivity index (χ2v) is 13.8. The van der Waals surface area contributed by atoms with E-state index in [4.69, 9.17) is 9.47 Å². The second-order valence-electron chi connectivity index (χ2n) is 13.8. The molecule has 0 radical (unpaired) electrons. The van der Waals surface area contributed by atoms with E-state index in [9.17, 15) is 19.5 Å². The number of allylic oxidation sites excluding steroid dienone is 1. The maximum atomic E-state index is 13.7. The molecule has 1 N–H and O–H groups in total. The number of Topliss-reactive ketones (excluding diaryl/α,β-unsaturated/α-hetero) is 1. The topological polar surface area (TPSA) is 89.9 Å². The van der Waals surface area contributed by atoms with Crippen LogP contribution in [0.25, 0.3) is 0 Å². The summed E-state index contributed by atoms with van der Waals surface area (Å²) in [6.07, 6.45) is 9.19. The molecule has 0 aromatic carbocycles. The lowest BCUT2D eigenvalue weighted by Gasteiger charge is -2.60. The first-order valence-corrected chi connectivity index (χ1v) is 14.5. The van der Waals surface area contributed by atoms with Crippen LogP contribution in [0.4, 0.5) is 0 Å². The highest BCUT2D eigenvalue weighted by Gasteiger charge is 2.65. The van der Waals surface area contributed by atoms with Gasteiger partial charge >= 0.3 is 11.9 Å². The van der Waals surface area contributed by atoms with E-state index in [2.05, 4.69) is 20.8 Å². The summed E-state index contributed by atoms with van der Waals surface area (Å²) in [7, 11) is 0. The maximum absolute atomic E-state index is 13.7. The molecule has 0 amide bonds. The number of carbonyl (C=O) groups is 3. The first kappa shape index (κ1) is 28.3. The van der Waals surface area contributed by atoms with Crippen LogP contribution in [0.15, 0.2) is 11.6 Å². The van der Waals surface area contributed by atoms with E-state index in [0.717, 1.165) is 50.5 Å². The van der Waals surface area contributed by atoms with Crippen LogP contribution in [0, 0.1) is 40.4 Å². The van der Waals surface area contributed by atoms with Gasteiger partial charge in [0.05, 0.1) is 5.60 Å². The number of esters is 2. The van der Waals surface area contributed by atoms with E-state index in [1.54, 1.807) is 0 Å². The van der Waals surface area contributed by atoms with Crippen LogP contribution >= 0.6 is 0 Å². The second kappa shape index (κ2) is 10.1. The third kappa shape index (κ3) is 5.42. The summed E-state index contributed by atoms with van der Waals surface area (Å²) in [5.41, 5.74) is -0.226. The van der Waals surface area contributed by atoms with Gasteiger partial charge in [0.1, 0.15) is 12.2 Å². The van der Waals surface area contributed by atoms with E-state index in [1.165, 1.54) is 13.8 Å². The van der Waals surface area contributed by atoms with Gasteiger partial charge in [-0.15, -0.1) is 0 Å². The molecule has 0 aliphatic heterocycles. The number of rotatable bonds is 7. The predicted octanol–water partition coefficient (Wildman–Crippen LogP) is 5.80. The highest BCUT2D eigenvalue weighted by atomic mass is 16.5. The van der Waals surface area contributed by atoms with Crippen molar-refractivity contribution in [2.45, 2.75) is 124 Å². The van der Waals surface area contributed by atoms with Crippen molar-refractivity contribution in [2.75, 3.05) is 0 Å². The quantitative estimate of drug-likeness (QED) is 0.431. The Hall–Kier alpha value is -1.69. The highest BCUT2D eigenvalue weighted by Crippen LogP contribution is 2.67. The standard InChI is InChI=1S/C31H48O6/c1-18(9-8-13-29(4,5)35)23-10-11-24-22-16-26(34)25-15-21(36-19(2)32)12-14-30(25,6)28(22)27(37-20(3)33)17-31(23,24)7/h15,18,21-24,27-28,35H,8-14,16-17H2,1-7H3/t18-,21-,22+,23-,24+,27-,28-,30+,31-/m1/s1. The van der Waals surface area contributed by atoms with Gasteiger partial charge in [0.15, 0.2) is 5.78 Å². The van der Waals surface area contributed by atoms with Crippen molar-refractivity contribution < 1.29 is 29.0 Å². The minimum absolute atomic E-state index is 0.0161. The lowest BCUT2D eigenvalue weighted by molar-refractivity contribution is -0.178. The van der Waals surface area contributed by atoms with Crippen LogP contribution in [0.1, 0.15) is 106 Å². The third-order valence-corrected chi connectivity index (χ3v) is 10.6. The molecule has 9 atom stereocenters. The molecule has 0 aromatic heterocycles. The number of ether oxygens (including phenoxy) is 2. The fourth-order valence-corrected chi connectivity index (χ4v) is 9.28. The molecule has 4 aliphatic rings. The zero-order chi connectivity index (χ0) is 27.3. The van der Waals surface area contributed by atoms with E-state index in [-0.39, 0.29) is 52.6 Å². The molecule has 0 unspecified atom stereocenters. The number of hydrogen-bond donors (Lipinski definition) is 1. The fraction of sp³-hybridized carbons (Fsp3) is 0.839. The van der Waals surface area contributed by atoms with Crippen molar-refractivity contribution >= 4 is 17.7 Å². The molecule has 0 spiro atoms. The van der Waals surface area contributed by atoms with Crippen LogP contribution in [0.5, 0.6) is 0 Å². The Morgan fingerprint density at radius 2 is 1.81 bits per heavy atom. The van der Waals surface area contributed by atoms with Gasteiger partial charge in [-0.05, 0) is 87.5 Å². The van der Waals surface area contributed by atoms with Gasteiger partial charge in [-0.3, -0.25) is 14.4 Å². The summed E-state index contributed by atoms with van der Waals surface area (Å²) < 4.78 is 11.6. The molecule has 6 nitrogen and oxygen atoms in total. The van der Waals surface area contributed by atoms with Gasteiger partial charge in [0.25, 0.3) is 0 Å². The molecular weight excluding hydrogens is 468 g/mol. The van der Waals surface area contributed by atoms with Crippen LogP contribution in [-0.2, 0) is 23.9 Å². The minimum Gasteiger partial charge on any atom is -0.462 e. The van der Waals surface area contributed by atoms with Gasteiger partial charge in [-0.2, -0.15) is 0 Å². The monoisotopic (exact) mass is 516 g/mol. The summed E-state index contributed by atoms with van der Waals surface area (Å²) in [6.45, 7) is 13.6. The number of carbonyl (C=O) groups excluding carboxylic acids is 3.